The van der Waals surface area contributed by atoms with Gasteiger partial charge in [0, 0.05) is 18.6 Å². The highest BCUT2D eigenvalue weighted by Crippen LogP contribution is 2.46. The highest BCUT2D eigenvalue weighted by atomic mass is 16.5. The molecule has 2 aliphatic rings. The Hall–Kier alpha value is -0.0800. The van der Waals surface area contributed by atoms with Crippen molar-refractivity contribution in [1.29, 1.82) is 0 Å². The summed E-state index contributed by atoms with van der Waals surface area (Å²) < 4.78 is 5.59. The number of hydrogen-bond acceptors (Lipinski definition) is 2. The van der Waals surface area contributed by atoms with Crippen molar-refractivity contribution < 1.29 is 4.74 Å². The molecule has 2 fully saturated rings. The molecule has 1 aliphatic heterocycles. The Morgan fingerprint density at radius 2 is 2.40 bits per heavy atom. The smallest absolute Gasteiger partial charge is 0.0644 e. The van der Waals surface area contributed by atoms with Crippen molar-refractivity contribution in [2.24, 2.45) is 11.1 Å². The summed E-state index contributed by atoms with van der Waals surface area (Å²) in [5, 5.41) is 0. The molecule has 2 nitrogen and oxygen atoms in total. The van der Waals surface area contributed by atoms with Gasteiger partial charge in [-0.1, -0.05) is 6.42 Å². The van der Waals surface area contributed by atoms with E-state index < -0.39 is 0 Å². The largest absolute Gasteiger partial charge is 0.378 e. The molecule has 0 aromatic carbocycles. The van der Waals surface area contributed by atoms with Crippen molar-refractivity contribution in [3.8, 4) is 0 Å². The van der Waals surface area contributed by atoms with Crippen LogP contribution in [0.4, 0.5) is 0 Å². The predicted molar refractivity (Wildman–Crippen MR) is 39.7 cm³/mol. The van der Waals surface area contributed by atoms with Gasteiger partial charge in [0.2, 0.25) is 0 Å². The summed E-state index contributed by atoms with van der Waals surface area (Å²) in [5.74, 6) is 0. The first-order valence-corrected chi connectivity index (χ1v) is 4.19. The Bertz CT molecular complexity index is 125. The summed E-state index contributed by atoms with van der Waals surface area (Å²) in [6.45, 7) is 1.78. The lowest BCUT2D eigenvalue weighted by molar-refractivity contribution is 0.0735. The van der Waals surface area contributed by atoms with Crippen LogP contribution in [0.5, 0.6) is 0 Å². The molecule has 0 aromatic heterocycles. The van der Waals surface area contributed by atoms with Crippen molar-refractivity contribution in [3.05, 3.63) is 0 Å². The molecule has 2 atom stereocenters. The molecule has 0 radical (unpaired) electrons. The topological polar surface area (TPSA) is 35.2 Å². The van der Waals surface area contributed by atoms with E-state index in [0.717, 1.165) is 13.2 Å². The van der Waals surface area contributed by atoms with Gasteiger partial charge in [0.05, 0.1) is 6.10 Å². The average Bonchev–Trinajstić information content (AvgIpc) is 2.42. The fourth-order valence-electron chi connectivity index (χ4n) is 2.39. The van der Waals surface area contributed by atoms with Gasteiger partial charge in [-0.2, -0.15) is 0 Å². The average molecular weight is 141 g/mol. The summed E-state index contributed by atoms with van der Waals surface area (Å²) in [7, 11) is 0. The maximum Gasteiger partial charge on any atom is 0.0644 e. The molecule has 0 spiro atoms. The SMILES string of the molecule is NC[C@@]12CCC[C@H]1OCC2. The van der Waals surface area contributed by atoms with Crippen LogP contribution in [-0.2, 0) is 4.74 Å². The summed E-state index contributed by atoms with van der Waals surface area (Å²) in [6.07, 6.45) is 5.58. The Labute approximate surface area is 61.7 Å². The van der Waals surface area contributed by atoms with Gasteiger partial charge in [0.1, 0.15) is 0 Å². The Morgan fingerprint density at radius 1 is 1.50 bits per heavy atom. The van der Waals surface area contributed by atoms with Crippen molar-refractivity contribution in [1.82, 2.24) is 0 Å². The van der Waals surface area contributed by atoms with Crippen LogP contribution in [0.2, 0.25) is 0 Å². The molecule has 0 amide bonds. The first-order valence-electron chi connectivity index (χ1n) is 4.19. The van der Waals surface area contributed by atoms with Crippen LogP contribution in [0.25, 0.3) is 0 Å². The van der Waals surface area contributed by atoms with E-state index in [2.05, 4.69) is 0 Å². The number of nitrogens with two attached hydrogens (primary N) is 1. The molecule has 0 aromatic rings. The zero-order chi connectivity index (χ0) is 7.03. The fraction of sp³-hybridized carbons (Fsp3) is 1.00. The maximum atomic E-state index is 5.73. The minimum Gasteiger partial charge on any atom is -0.378 e. The molecule has 10 heavy (non-hydrogen) atoms. The second kappa shape index (κ2) is 2.21. The van der Waals surface area contributed by atoms with E-state index in [0.29, 0.717) is 11.5 Å². The minimum atomic E-state index is 0.403. The molecule has 2 heteroatoms. The molecule has 58 valence electrons. The molecule has 1 aliphatic carbocycles. The normalized spacial score (nSPS) is 45.9. The van der Waals surface area contributed by atoms with Crippen LogP contribution in [0.1, 0.15) is 25.7 Å². The molecule has 0 bridgehead atoms. The number of hydrogen-bond donors (Lipinski definition) is 1. The Kier molecular flexibility index (Phi) is 1.46. The highest BCUT2D eigenvalue weighted by molar-refractivity contribution is 4.97. The molecule has 2 N–H and O–H groups in total. The second-order valence-corrected chi connectivity index (χ2v) is 3.57. The van der Waals surface area contributed by atoms with Crippen LogP contribution in [0.15, 0.2) is 0 Å². The van der Waals surface area contributed by atoms with Gasteiger partial charge in [0.15, 0.2) is 0 Å². The van der Waals surface area contributed by atoms with Gasteiger partial charge in [0.25, 0.3) is 0 Å². The summed E-state index contributed by atoms with van der Waals surface area (Å²) in [4.78, 5) is 0. The van der Waals surface area contributed by atoms with Gasteiger partial charge in [-0.15, -0.1) is 0 Å². The van der Waals surface area contributed by atoms with Crippen LogP contribution in [0, 0.1) is 5.41 Å². The lowest BCUT2D eigenvalue weighted by Gasteiger charge is -2.24. The zero-order valence-electron chi connectivity index (χ0n) is 6.31. The van der Waals surface area contributed by atoms with Crippen molar-refractivity contribution >= 4 is 0 Å². The van der Waals surface area contributed by atoms with E-state index in [1.807, 2.05) is 0 Å². The van der Waals surface area contributed by atoms with E-state index in [-0.39, 0.29) is 0 Å². The summed E-state index contributed by atoms with van der Waals surface area (Å²) in [6, 6.07) is 0. The van der Waals surface area contributed by atoms with E-state index in [1.165, 1.54) is 25.7 Å². The highest BCUT2D eigenvalue weighted by Gasteiger charge is 2.46. The summed E-state index contributed by atoms with van der Waals surface area (Å²) >= 11 is 0. The third-order valence-electron chi connectivity index (χ3n) is 3.15. The first kappa shape index (κ1) is 6.62. The number of rotatable bonds is 1. The monoisotopic (exact) mass is 141 g/mol. The quantitative estimate of drug-likeness (QED) is 0.589. The Morgan fingerprint density at radius 3 is 3.10 bits per heavy atom. The molecule has 1 heterocycles. The van der Waals surface area contributed by atoms with Gasteiger partial charge >= 0.3 is 0 Å². The van der Waals surface area contributed by atoms with Crippen LogP contribution < -0.4 is 5.73 Å². The van der Waals surface area contributed by atoms with E-state index in [9.17, 15) is 0 Å². The van der Waals surface area contributed by atoms with Gasteiger partial charge in [-0.3, -0.25) is 0 Å². The summed E-state index contributed by atoms with van der Waals surface area (Å²) in [5.41, 5.74) is 6.13. The van der Waals surface area contributed by atoms with Crippen LogP contribution in [-0.4, -0.2) is 19.3 Å². The third kappa shape index (κ3) is 0.722. The lowest BCUT2D eigenvalue weighted by atomic mass is 9.83. The number of ether oxygens (including phenoxy) is 1. The van der Waals surface area contributed by atoms with E-state index in [1.54, 1.807) is 0 Å². The molecule has 2 rings (SSSR count). The molecule has 1 saturated carbocycles. The van der Waals surface area contributed by atoms with Crippen LogP contribution >= 0.6 is 0 Å². The lowest BCUT2D eigenvalue weighted by Crippen LogP contribution is -2.33. The van der Waals surface area contributed by atoms with Gasteiger partial charge in [-0.05, 0) is 19.3 Å². The molecule has 1 saturated heterocycles. The molecule has 0 unspecified atom stereocenters. The van der Waals surface area contributed by atoms with Gasteiger partial charge in [-0.25, -0.2) is 0 Å². The zero-order valence-corrected chi connectivity index (χ0v) is 6.31. The first-order chi connectivity index (χ1) is 4.87. The van der Waals surface area contributed by atoms with Gasteiger partial charge < -0.3 is 10.5 Å². The molecular weight excluding hydrogens is 126 g/mol. The van der Waals surface area contributed by atoms with E-state index in [4.69, 9.17) is 10.5 Å². The van der Waals surface area contributed by atoms with E-state index >= 15 is 0 Å². The van der Waals surface area contributed by atoms with Crippen molar-refractivity contribution in [3.63, 3.8) is 0 Å². The third-order valence-corrected chi connectivity index (χ3v) is 3.15. The predicted octanol–water partition coefficient (Wildman–Crippen LogP) is 0.904. The number of fused-ring (bicyclic) bond motifs is 1. The Balaban J connectivity index is 2.15. The van der Waals surface area contributed by atoms with Crippen molar-refractivity contribution in [2.75, 3.05) is 13.2 Å². The second-order valence-electron chi connectivity index (χ2n) is 3.57. The standard InChI is InChI=1S/C8H15NO/c9-6-8-3-1-2-7(8)10-5-4-8/h7H,1-6,9H2/t7-,8+/m1/s1. The van der Waals surface area contributed by atoms with Crippen molar-refractivity contribution in [2.45, 2.75) is 31.8 Å². The minimum absolute atomic E-state index is 0.403. The molecular formula is C8H15NO. The van der Waals surface area contributed by atoms with Crippen LogP contribution in [0.3, 0.4) is 0 Å². The fourth-order valence-corrected chi connectivity index (χ4v) is 2.39. The maximum absolute atomic E-state index is 5.73.